The number of furan rings is 1. The van der Waals surface area contributed by atoms with Gasteiger partial charge in [-0.05, 0) is 44.0 Å². The van der Waals surface area contributed by atoms with Gasteiger partial charge in [0.2, 0.25) is 0 Å². The summed E-state index contributed by atoms with van der Waals surface area (Å²) in [5, 5.41) is 4.30. The van der Waals surface area contributed by atoms with Gasteiger partial charge in [-0.3, -0.25) is 25.2 Å². The number of hydrazone groups is 1. The van der Waals surface area contributed by atoms with Gasteiger partial charge in [0.05, 0.1) is 5.71 Å². The van der Waals surface area contributed by atoms with Gasteiger partial charge in [0.25, 0.3) is 11.8 Å². The van der Waals surface area contributed by atoms with E-state index in [9.17, 15) is 14.4 Å². The van der Waals surface area contributed by atoms with Crippen molar-refractivity contribution in [2.75, 3.05) is 6.61 Å². The summed E-state index contributed by atoms with van der Waals surface area (Å²) in [5.41, 5.74) is 9.69. The molecule has 0 atom stereocenters. The average Bonchev–Trinajstić information content (AvgIpc) is 3.22. The highest BCUT2D eigenvalue weighted by Gasteiger charge is 2.28. The molecule has 0 saturated heterocycles. The molecule has 4 rings (SSSR count). The first-order chi connectivity index (χ1) is 16.5. The Bertz CT molecular complexity index is 1220. The summed E-state index contributed by atoms with van der Waals surface area (Å²) in [6.45, 7) is 1.49. The van der Waals surface area contributed by atoms with Crippen LogP contribution in [0.15, 0.2) is 70.2 Å². The van der Waals surface area contributed by atoms with Gasteiger partial charge >= 0.3 is 5.91 Å². The van der Waals surface area contributed by atoms with Crippen molar-refractivity contribution in [1.82, 2.24) is 16.3 Å². The second-order valence-corrected chi connectivity index (χ2v) is 7.68. The molecule has 0 bridgehead atoms. The summed E-state index contributed by atoms with van der Waals surface area (Å²) >= 11 is 0. The van der Waals surface area contributed by atoms with Crippen LogP contribution in [0.4, 0.5) is 0 Å². The molecule has 1 aliphatic rings. The molecule has 3 aromatic rings. The number of carbonyl (C=O) groups is 3. The molecule has 3 N–H and O–H groups in total. The van der Waals surface area contributed by atoms with Crippen LogP contribution in [-0.2, 0) is 11.2 Å². The van der Waals surface area contributed by atoms with Crippen LogP contribution in [0, 0.1) is 6.92 Å². The number of aryl methyl sites for hydroxylation is 1. The Hall–Kier alpha value is -4.40. The summed E-state index contributed by atoms with van der Waals surface area (Å²) in [7, 11) is 0. The lowest BCUT2D eigenvalue weighted by atomic mass is 9.93. The molecule has 174 valence electrons. The van der Waals surface area contributed by atoms with Crippen molar-refractivity contribution in [2.24, 2.45) is 5.10 Å². The number of benzene rings is 2. The van der Waals surface area contributed by atoms with Crippen LogP contribution in [0.3, 0.4) is 0 Å². The smallest absolute Gasteiger partial charge is 0.305 e. The van der Waals surface area contributed by atoms with Crippen LogP contribution in [0.2, 0.25) is 0 Å². The molecule has 1 heterocycles. The number of nitrogens with zero attached hydrogens (tertiary/aromatic N) is 1. The largest absolute Gasteiger partial charge is 0.484 e. The van der Waals surface area contributed by atoms with Gasteiger partial charge in [0.15, 0.2) is 12.4 Å². The predicted octanol–water partition coefficient (Wildman–Crippen LogP) is 2.90. The van der Waals surface area contributed by atoms with Gasteiger partial charge in [-0.2, -0.15) is 5.10 Å². The fourth-order valence-electron chi connectivity index (χ4n) is 3.65. The van der Waals surface area contributed by atoms with E-state index in [2.05, 4.69) is 21.4 Å². The Morgan fingerprint density at radius 2 is 1.65 bits per heavy atom. The molecule has 0 aliphatic heterocycles. The van der Waals surface area contributed by atoms with E-state index in [1.807, 2.05) is 12.1 Å². The van der Waals surface area contributed by atoms with Crippen LogP contribution >= 0.6 is 0 Å². The average molecular weight is 460 g/mol. The van der Waals surface area contributed by atoms with Crippen molar-refractivity contribution in [3.8, 4) is 5.75 Å². The standard InChI is InChI=1S/C25H24N4O5/c1-16-22-19(26-28-24(31)17-9-4-2-5-10-17)13-8-14-20(22)34-23(16)25(32)29-27-21(30)15-33-18-11-6-3-7-12-18/h2-7,9-12H,8,13-15H2,1H3,(H,27,30)(H,28,31)(H,29,32)/b26-19+. The van der Waals surface area contributed by atoms with E-state index in [-0.39, 0.29) is 18.3 Å². The number of hydrogen-bond acceptors (Lipinski definition) is 6. The van der Waals surface area contributed by atoms with E-state index >= 15 is 0 Å². The molecular formula is C25H24N4O5. The summed E-state index contributed by atoms with van der Waals surface area (Å²) in [6.07, 6.45) is 2.05. The van der Waals surface area contributed by atoms with Crippen molar-refractivity contribution in [1.29, 1.82) is 0 Å². The van der Waals surface area contributed by atoms with Gasteiger partial charge in [-0.25, -0.2) is 5.43 Å². The minimum Gasteiger partial charge on any atom is -0.484 e. The quantitative estimate of drug-likeness (QED) is 0.488. The highest BCUT2D eigenvalue weighted by molar-refractivity contribution is 6.07. The van der Waals surface area contributed by atoms with Gasteiger partial charge in [0.1, 0.15) is 11.5 Å². The third-order valence-electron chi connectivity index (χ3n) is 5.29. The van der Waals surface area contributed by atoms with E-state index in [1.165, 1.54) is 0 Å². The fraction of sp³-hybridized carbons (Fsp3) is 0.200. The lowest BCUT2D eigenvalue weighted by Crippen LogP contribution is -2.43. The van der Waals surface area contributed by atoms with Crippen molar-refractivity contribution in [3.05, 3.63) is 88.9 Å². The summed E-state index contributed by atoms with van der Waals surface area (Å²) in [5.74, 6) is -0.173. The second-order valence-electron chi connectivity index (χ2n) is 7.68. The maximum Gasteiger partial charge on any atom is 0.305 e. The maximum absolute atomic E-state index is 12.6. The number of rotatable bonds is 6. The first-order valence-electron chi connectivity index (χ1n) is 10.8. The van der Waals surface area contributed by atoms with Crippen molar-refractivity contribution >= 4 is 23.4 Å². The number of carbonyl (C=O) groups excluding carboxylic acids is 3. The Morgan fingerprint density at radius 3 is 2.38 bits per heavy atom. The van der Waals surface area contributed by atoms with E-state index in [0.717, 1.165) is 6.42 Å². The molecule has 0 fully saturated rings. The van der Waals surface area contributed by atoms with Crippen molar-refractivity contribution in [2.45, 2.75) is 26.2 Å². The minimum absolute atomic E-state index is 0.0817. The first kappa shape index (κ1) is 22.8. The maximum atomic E-state index is 12.6. The molecule has 9 heteroatoms. The number of para-hydroxylation sites is 1. The SMILES string of the molecule is Cc1c(C(=O)NNC(=O)COc2ccccc2)oc2c1/C(=N/NC(=O)c1ccccc1)CCC2. The lowest BCUT2D eigenvalue weighted by Gasteiger charge is -2.13. The van der Waals surface area contributed by atoms with Gasteiger partial charge in [0, 0.05) is 23.1 Å². The van der Waals surface area contributed by atoms with Gasteiger partial charge in [-0.15, -0.1) is 0 Å². The molecule has 0 saturated carbocycles. The Morgan fingerprint density at radius 1 is 0.941 bits per heavy atom. The van der Waals surface area contributed by atoms with Gasteiger partial charge in [-0.1, -0.05) is 36.4 Å². The highest BCUT2D eigenvalue weighted by Crippen LogP contribution is 2.29. The Labute approximate surface area is 196 Å². The third kappa shape index (κ3) is 5.32. The van der Waals surface area contributed by atoms with Crippen molar-refractivity contribution in [3.63, 3.8) is 0 Å². The second kappa shape index (κ2) is 10.5. The lowest BCUT2D eigenvalue weighted by molar-refractivity contribution is -0.123. The normalized spacial score (nSPS) is 13.6. The Kier molecular flexibility index (Phi) is 7.02. The third-order valence-corrected chi connectivity index (χ3v) is 5.29. The Balaban J connectivity index is 1.39. The van der Waals surface area contributed by atoms with Crippen LogP contribution in [-0.4, -0.2) is 30.0 Å². The minimum atomic E-state index is -0.590. The predicted molar refractivity (Wildman–Crippen MR) is 124 cm³/mol. The van der Waals surface area contributed by atoms with Crippen LogP contribution in [0.25, 0.3) is 0 Å². The van der Waals surface area contributed by atoms with E-state index < -0.39 is 11.8 Å². The highest BCUT2D eigenvalue weighted by atomic mass is 16.5. The molecular weight excluding hydrogens is 436 g/mol. The number of fused-ring (bicyclic) bond motifs is 1. The molecule has 9 nitrogen and oxygen atoms in total. The molecule has 0 unspecified atom stereocenters. The van der Waals surface area contributed by atoms with Crippen LogP contribution in [0.1, 0.15) is 50.6 Å². The number of hydrazine groups is 1. The number of hydrogen-bond donors (Lipinski definition) is 3. The van der Waals surface area contributed by atoms with Crippen molar-refractivity contribution < 1.29 is 23.5 Å². The topological polar surface area (TPSA) is 122 Å². The first-order valence-corrected chi connectivity index (χ1v) is 10.8. The number of nitrogens with one attached hydrogen (secondary N) is 3. The molecule has 2 aromatic carbocycles. The molecule has 0 spiro atoms. The zero-order chi connectivity index (χ0) is 23.9. The zero-order valence-electron chi connectivity index (χ0n) is 18.6. The molecule has 34 heavy (non-hydrogen) atoms. The zero-order valence-corrected chi connectivity index (χ0v) is 18.6. The summed E-state index contributed by atoms with van der Waals surface area (Å²) in [4.78, 5) is 37.0. The van der Waals surface area contributed by atoms with E-state index in [0.29, 0.717) is 46.8 Å². The van der Waals surface area contributed by atoms with E-state index in [1.54, 1.807) is 55.5 Å². The summed E-state index contributed by atoms with van der Waals surface area (Å²) < 4.78 is 11.1. The monoisotopic (exact) mass is 460 g/mol. The number of ether oxygens (including phenoxy) is 1. The van der Waals surface area contributed by atoms with E-state index in [4.69, 9.17) is 9.15 Å². The molecule has 0 radical (unpaired) electrons. The van der Waals surface area contributed by atoms with Gasteiger partial charge < -0.3 is 9.15 Å². The molecule has 1 aromatic heterocycles. The van der Waals surface area contributed by atoms with Crippen LogP contribution in [0.5, 0.6) is 5.75 Å². The summed E-state index contributed by atoms with van der Waals surface area (Å²) in [6, 6.07) is 17.7. The molecule has 1 aliphatic carbocycles. The fourth-order valence-corrected chi connectivity index (χ4v) is 3.65. The number of amides is 3. The molecule has 3 amide bonds. The van der Waals surface area contributed by atoms with Crippen LogP contribution < -0.4 is 21.0 Å².